The highest BCUT2D eigenvalue weighted by Gasteiger charge is 2.24. The molecule has 0 saturated heterocycles. The lowest BCUT2D eigenvalue weighted by molar-refractivity contribution is -0.432. The molecule has 52 heavy (non-hydrogen) atoms. The predicted molar refractivity (Wildman–Crippen MR) is 199 cm³/mol. The number of primary sulfonamides is 1. The number of amides is 1. The lowest BCUT2D eigenvalue weighted by atomic mass is 9.96. The molecule has 0 saturated carbocycles. The molecule has 0 bridgehead atoms. The van der Waals surface area contributed by atoms with Gasteiger partial charge in [0.15, 0.2) is 0 Å². The van der Waals surface area contributed by atoms with Gasteiger partial charge >= 0.3 is 17.3 Å². The molecule has 1 aromatic heterocycles. The Kier molecular flexibility index (Phi) is 10.9. The molecule has 14 nitrogen and oxygen atoms in total. The number of carbonyl (C=O) groups is 1. The van der Waals surface area contributed by atoms with Crippen LogP contribution in [0.25, 0.3) is 33.1 Å². The van der Waals surface area contributed by atoms with Crippen molar-refractivity contribution >= 4 is 78.5 Å². The number of hydrogen-bond donors (Lipinski definition) is 5. The molecule has 0 aliphatic heterocycles. The molecule has 6 rings (SSSR count). The third-order valence-electron chi connectivity index (χ3n) is 7.76. The van der Waals surface area contributed by atoms with Gasteiger partial charge in [-0.05, 0) is 67.1 Å². The molecule has 1 heterocycles. The molecular weight excluding hydrogens is 713 g/mol. The highest BCUT2D eigenvalue weighted by molar-refractivity contribution is 7.94. The van der Waals surface area contributed by atoms with Gasteiger partial charge in [-0.25, -0.2) is 28.0 Å². The Hall–Kier alpha value is -5.62. The maximum atomic E-state index is 12.1. The second kappa shape index (κ2) is 15.7. The molecule has 0 aliphatic carbocycles. The van der Waals surface area contributed by atoms with Crippen molar-refractivity contribution < 1.29 is 46.5 Å². The van der Waals surface area contributed by atoms with Crippen molar-refractivity contribution in [2.45, 2.75) is 16.7 Å². The zero-order chi connectivity index (χ0) is 36.8. The maximum Gasteiger partial charge on any atom is 0.411 e. The summed E-state index contributed by atoms with van der Waals surface area (Å²) in [5.74, 6) is 0.902. The third-order valence-corrected chi connectivity index (χ3v) is 9.34. The van der Waals surface area contributed by atoms with E-state index in [9.17, 15) is 13.2 Å². The molecule has 5 aromatic carbocycles. The lowest BCUT2D eigenvalue weighted by Crippen LogP contribution is -2.13. The lowest BCUT2D eigenvalue weighted by Gasteiger charge is -2.14. The Bertz CT molecular complexity index is 2390. The first-order valence-electron chi connectivity index (χ1n) is 15.6. The van der Waals surface area contributed by atoms with E-state index >= 15 is 0 Å². The molecule has 6 N–H and O–H groups in total. The summed E-state index contributed by atoms with van der Waals surface area (Å²) in [4.78, 5) is 12.7. The van der Waals surface area contributed by atoms with Gasteiger partial charge in [-0.15, -0.1) is 4.33 Å². The number of sulfonamides is 1. The van der Waals surface area contributed by atoms with Crippen LogP contribution in [-0.4, -0.2) is 40.6 Å². The minimum atomic E-state index is -3.98. The number of methoxy groups -OCH3 is 2. The van der Waals surface area contributed by atoms with Crippen molar-refractivity contribution in [1.82, 2.24) is 0 Å². The summed E-state index contributed by atoms with van der Waals surface area (Å²) >= 11 is 0.837. The van der Waals surface area contributed by atoms with Crippen molar-refractivity contribution in [3.63, 3.8) is 0 Å². The molecule has 1 amide bonds. The van der Waals surface area contributed by atoms with E-state index < -0.39 is 16.1 Å². The van der Waals surface area contributed by atoms with Crippen LogP contribution in [0.1, 0.15) is 6.92 Å². The number of rotatable bonds is 13. The number of nitrogens with two attached hydrogens (primary N) is 1. The summed E-state index contributed by atoms with van der Waals surface area (Å²) in [6.45, 7) is 1.94. The fourth-order valence-electron chi connectivity index (χ4n) is 5.56. The molecule has 6 aromatic rings. The number of anilines is 5. The van der Waals surface area contributed by atoms with Crippen LogP contribution in [0.3, 0.4) is 0 Å². The van der Waals surface area contributed by atoms with E-state index in [0.717, 1.165) is 33.9 Å². The average molecular weight is 746 g/mol. The Morgan fingerprint density at radius 2 is 1.52 bits per heavy atom. The summed E-state index contributed by atoms with van der Waals surface area (Å²) in [5, 5.41) is 28.9. The second-order valence-electron chi connectivity index (χ2n) is 11.1. The second-order valence-corrected chi connectivity index (χ2v) is 13.4. The number of nitrogens with one attached hydrogen (secondary N) is 3. The number of hydrogen-bond acceptors (Lipinski definition) is 12. The maximum absolute atomic E-state index is 12.1. The van der Waals surface area contributed by atoms with Crippen molar-refractivity contribution in [2.75, 3.05) is 36.8 Å². The average Bonchev–Trinajstić information content (AvgIpc) is 3.12. The van der Waals surface area contributed by atoms with Gasteiger partial charge in [-0.3, -0.25) is 5.32 Å². The van der Waals surface area contributed by atoms with Crippen LogP contribution < -0.4 is 30.6 Å². The van der Waals surface area contributed by atoms with Crippen LogP contribution in [0.15, 0.2) is 111 Å². The zero-order valence-electron chi connectivity index (χ0n) is 28.0. The van der Waals surface area contributed by atoms with Crippen LogP contribution in [0, 0.1) is 0 Å². The number of carbonyl (C=O) groups excluding carboxylic acids is 1. The van der Waals surface area contributed by atoms with Crippen molar-refractivity contribution in [2.24, 2.45) is 5.14 Å². The quantitative estimate of drug-likeness (QED) is 0.0248. The first kappa shape index (κ1) is 36.2. The van der Waals surface area contributed by atoms with Crippen molar-refractivity contribution in [3.05, 3.63) is 97.1 Å². The first-order valence-corrected chi connectivity index (χ1v) is 17.8. The highest BCUT2D eigenvalue weighted by Crippen LogP contribution is 2.43. The molecule has 0 atom stereocenters. The van der Waals surface area contributed by atoms with Crippen LogP contribution >= 0.6 is 12.0 Å². The SMILES string of the molecule is CCOC(=O)Nc1cc(Nc2ccc3c(-c4ccccc4SOOO)c4ccc(Nc5cc(S(N)(=O)=O)ccc5OC)cc4[o+]c3c2)cc(OC)c1. The van der Waals surface area contributed by atoms with Gasteiger partial charge in [0, 0.05) is 45.3 Å². The van der Waals surface area contributed by atoms with Crippen LogP contribution in [0.5, 0.6) is 11.5 Å². The Morgan fingerprint density at radius 1 is 0.827 bits per heavy atom. The standard InChI is InChI=1S/C36H32N4O10S2/c1-4-47-36(41)40-24-15-23(16-25(17-24)45-2)38-21-9-12-27-32(18-21)48-33-19-22(39-30-20-26(52(37,43)44)11-14-31(30)46-3)10-13-28(33)35(27)29-7-5-6-8-34(29)51-50-49-42/h5-20,38-39H,4H2,1-3H3,(H3-,37,40,41,42,43,44)/p+1. The fraction of sp³-hybridized carbons (Fsp3) is 0.111. The van der Waals surface area contributed by atoms with E-state index in [4.69, 9.17) is 33.4 Å². The van der Waals surface area contributed by atoms with E-state index in [2.05, 4.69) is 21.0 Å². The molecule has 0 fully saturated rings. The minimum Gasteiger partial charge on any atom is -0.497 e. The summed E-state index contributed by atoms with van der Waals surface area (Å²) in [5.41, 5.74) is 5.24. The third kappa shape index (κ3) is 8.13. The highest BCUT2D eigenvalue weighted by atomic mass is 32.2. The van der Waals surface area contributed by atoms with Gasteiger partial charge in [0.1, 0.15) is 11.5 Å². The monoisotopic (exact) mass is 745 g/mol. The molecule has 0 unspecified atom stereocenters. The molecular formula is C36H33N4O10S2+. The van der Waals surface area contributed by atoms with E-state index in [1.807, 2.05) is 54.6 Å². The van der Waals surface area contributed by atoms with Crippen LogP contribution in [0.2, 0.25) is 0 Å². The Morgan fingerprint density at radius 3 is 2.17 bits per heavy atom. The zero-order valence-corrected chi connectivity index (χ0v) is 29.6. The predicted octanol–water partition coefficient (Wildman–Crippen LogP) is 8.68. The first-order chi connectivity index (χ1) is 25.1. The molecule has 0 aliphatic rings. The van der Waals surface area contributed by atoms with Crippen molar-refractivity contribution in [3.8, 4) is 22.6 Å². The smallest absolute Gasteiger partial charge is 0.411 e. The molecule has 16 heteroatoms. The summed E-state index contributed by atoms with van der Waals surface area (Å²) in [6.07, 6.45) is -0.593. The summed E-state index contributed by atoms with van der Waals surface area (Å²) in [6, 6.07) is 28.0. The van der Waals surface area contributed by atoms with E-state index in [0.29, 0.717) is 56.0 Å². The summed E-state index contributed by atoms with van der Waals surface area (Å²) in [7, 11) is -0.978. The van der Waals surface area contributed by atoms with Crippen LogP contribution in [0.4, 0.5) is 33.2 Å². The molecule has 0 radical (unpaired) electrons. The molecule has 0 spiro atoms. The van der Waals surface area contributed by atoms with E-state index in [-0.39, 0.29) is 11.5 Å². The van der Waals surface area contributed by atoms with Gasteiger partial charge in [-0.1, -0.05) is 23.2 Å². The number of ether oxygens (including phenoxy) is 3. The van der Waals surface area contributed by atoms with Gasteiger partial charge in [0.05, 0.1) is 66.4 Å². The van der Waals surface area contributed by atoms with Gasteiger partial charge < -0.3 is 24.8 Å². The minimum absolute atomic E-state index is 0.0856. The Labute approximate surface area is 302 Å². The van der Waals surface area contributed by atoms with E-state index in [1.54, 1.807) is 31.2 Å². The van der Waals surface area contributed by atoms with Crippen molar-refractivity contribution in [1.29, 1.82) is 0 Å². The Balaban J connectivity index is 1.48. The van der Waals surface area contributed by atoms with E-state index in [1.165, 1.54) is 32.4 Å². The van der Waals surface area contributed by atoms with Gasteiger partial charge in [0.25, 0.3) is 0 Å². The van der Waals surface area contributed by atoms with Gasteiger partial charge in [0.2, 0.25) is 10.0 Å². The van der Waals surface area contributed by atoms with Gasteiger partial charge in [-0.2, -0.15) is 0 Å². The summed E-state index contributed by atoms with van der Waals surface area (Å²) < 4.78 is 51.5. The fourth-order valence-corrected chi connectivity index (χ4v) is 6.60. The topological polar surface area (TPSA) is 191 Å². The number of benzene rings is 5. The largest absolute Gasteiger partial charge is 0.497 e. The van der Waals surface area contributed by atoms with Crippen LogP contribution in [-0.2, 0) is 24.1 Å². The molecule has 268 valence electrons. The number of fused-ring (bicyclic) bond motifs is 2. The normalized spacial score (nSPS) is 11.3.